The van der Waals surface area contributed by atoms with Crippen molar-refractivity contribution >= 4 is 22.9 Å². The number of rotatable bonds is 2. The first kappa shape index (κ1) is 8.78. The molecule has 0 N–H and O–H groups in total. The van der Waals surface area contributed by atoms with Gasteiger partial charge in [0, 0.05) is 11.1 Å². The molecule has 2 aromatic rings. The van der Waals surface area contributed by atoms with Crippen molar-refractivity contribution in [1.82, 2.24) is 4.98 Å². The SMILES string of the molecule is Cc1ccoc1-c1ncc(CCl)s1. The molecule has 0 aliphatic heterocycles. The van der Waals surface area contributed by atoms with E-state index in [0.717, 1.165) is 21.2 Å². The molecule has 0 aliphatic carbocycles. The summed E-state index contributed by atoms with van der Waals surface area (Å²) in [6.45, 7) is 2.00. The highest BCUT2D eigenvalue weighted by molar-refractivity contribution is 7.15. The van der Waals surface area contributed by atoms with Crippen molar-refractivity contribution in [2.24, 2.45) is 0 Å². The standard InChI is InChI=1S/C9H8ClNOS/c1-6-2-3-12-8(6)9-11-5-7(4-10)13-9/h2-3,5H,4H2,1H3. The summed E-state index contributed by atoms with van der Waals surface area (Å²) in [4.78, 5) is 5.29. The van der Waals surface area contributed by atoms with Gasteiger partial charge < -0.3 is 4.42 Å². The topological polar surface area (TPSA) is 26.0 Å². The molecule has 0 saturated heterocycles. The van der Waals surface area contributed by atoms with Gasteiger partial charge in [-0.05, 0) is 18.6 Å². The van der Waals surface area contributed by atoms with Gasteiger partial charge in [0.15, 0.2) is 10.8 Å². The van der Waals surface area contributed by atoms with Crippen LogP contribution in [0, 0.1) is 6.92 Å². The van der Waals surface area contributed by atoms with Crippen LogP contribution in [0.15, 0.2) is 22.9 Å². The van der Waals surface area contributed by atoms with Crippen molar-refractivity contribution < 1.29 is 4.42 Å². The zero-order valence-electron chi connectivity index (χ0n) is 7.08. The van der Waals surface area contributed by atoms with Gasteiger partial charge in [0.1, 0.15) is 0 Å². The number of hydrogen-bond donors (Lipinski definition) is 0. The molecular formula is C9H8ClNOS. The number of alkyl halides is 1. The van der Waals surface area contributed by atoms with E-state index in [1.54, 1.807) is 23.8 Å². The van der Waals surface area contributed by atoms with Crippen LogP contribution in [-0.2, 0) is 5.88 Å². The molecule has 4 heteroatoms. The summed E-state index contributed by atoms with van der Waals surface area (Å²) < 4.78 is 5.31. The van der Waals surface area contributed by atoms with Gasteiger partial charge in [-0.2, -0.15) is 0 Å². The predicted molar refractivity (Wildman–Crippen MR) is 54.1 cm³/mol. The fourth-order valence-electron chi connectivity index (χ4n) is 1.07. The average molecular weight is 214 g/mol. The van der Waals surface area contributed by atoms with Crippen LogP contribution in [0.1, 0.15) is 10.4 Å². The molecule has 0 atom stereocenters. The largest absolute Gasteiger partial charge is 0.462 e. The van der Waals surface area contributed by atoms with E-state index in [1.807, 2.05) is 13.0 Å². The zero-order valence-corrected chi connectivity index (χ0v) is 8.65. The number of thiazole rings is 1. The summed E-state index contributed by atoms with van der Waals surface area (Å²) in [6.07, 6.45) is 3.46. The van der Waals surface area contributed by atoms with Gasteiger partial charge in [0.25, 0.3) is 0 Å². The smallest absolute Gasteiger partial charge is 0.165 e. The molecule has 0 spiro atoms. The first-order chi connectivity index (χ1) is 6.31. The fraction of sp³-hybridized carbons (Fsp3) is 0.222. The van der Waals surface area contributed by atoms with E-state index in [4.69, 9.17) is 16.0 Å². The Morgan fingerprint density at radius 2 is 2.46 bits per heavy atom. The second-order valence-corrected chi connectivity index (χ2v) is 4.08. The maximum Gasteiger partial charge on any atom is 0.165 e. The normalized spacial score (nSPS) is 10.6. The fourth-order valence-corrected chi connectivity index (χ4v) is 2.11. The van der Waals surface area contributed by atoms with E-state index >= 15 is 0 Å². The lowest BCUT2D eigenvalue weighted by molar-refractivity contribution is 0.580. The summed E-state index contributed by atoms with van der Waals surface area (Å²) in [5.41, 5.74) is 1.11. The minimum absolute atomic E-state index is 0.511. The van der Waals surface area contributed by atoms with E-state index in [-0.39, 0.29) is 0 Å². The van der Waals surface area contributed by atoms with Crippen molar-refractivity contribution in [3.63, 3.8) is 0 Å². The number of furan rings is 1. The number of halogens is 1. The number of nitrogens with zero attached hydrogens (tertiary/aromatic N) is 1. The van der Waals surface area contributed by atoms with Crippen molar-refractivity contribution in [3.05, 3.63) is 29.0 Å². The van der Waals surface area contributed by atoms with E-state index in [2.05, 4.69) is 4.98 Å². The van der Waals surface area contributed by atoms with Crippen LogP contribution in [-0.4, -0.2) is 4.98 Å². The number of aryl methyl sites for hydroxylation is 1. The van der Waals surface area contributed by atoms with Gasteiger partial charge in [-0.1, -0.05) is 0 Å². The van der Waals surface area contributed by atoms with E-state index in [9.17, 15) is 0 Å². The summed E-state index contributed by atoms with van der Waals surface area (Å²) in [6, 6.07) is 1.93. The molecule has 0 amide bonds. The molecule has 2 aromatic heterocycles. The highest BCUT2D eigenvalue weighted by Gasteiger charge is 2.09. The molecule has 0 bridgehead atoms. The summed E-state index contributed by atoms with van der Waals surface area (Å²) >= 11 is 7.25. The number of aromatic nitrogens is 1. The van der Waals surface area contributed by atoms with Gasteiger partial charge in [-0.25, -0.2) is 4.98 Å². The Morgan fingerprint density at radius 3 is 3.00 bits per heavy atom. The molecular weight excluding hydrogens is 206 g/mol. The molecule has 2 rings (SSSR count). The van der Waals surface area contributed by atoms with Crippen LogP contribution in [0.5, 0.6) is 0 Å². The van der Waals surface area contributed by atoms with E-state index in [0.29, 0.717) is 5.88 Å². The molecule has 0 saturated carbocycles. The summed E-state index contributed by atoms with van der Waals surface area (Å²) in [7, 11) is 0. The molecule has 0 fully saturated rings. The highest BCUT2D eigenvalue weighted by atomic mass is 35.5. The average Bonchev–Trinajstić information content (AvgIpc) is 2.71. The van der Waals surface area contributed by atoms with Crippen LogP contribution in [0.3, 0.4) is 0 Å². The predicted octanol–water partition coefficient (Wildman–Crippen LogP) is 3.45. The first-order valence-corrected chi connectivity index (χ1v) is 5.21. The maximum absolute atomic E-state index is 5.68. The Bertz CT molecular complexity index is 407. The van der Waals surface area contributed by atoms with Crippen LogP contribution in [0.25, 0.3) is 10.8 Å². The Labute approximate surface area is 85.2 Å². The zero-order chi connectivity index (χ0) is 9.26. The summed E-state index contributed by atoms with van der Waals surface area (Å²) in [5.74, 6) is 1.36. The monoisotopic (exact) mass is 213 g/mol. The van der Waals surface area contributed by atoms with Crippen molar-refractivity contribution in [2.45, 2.75) is 12.8 Å². The third-order valence-corrected chi connectivity index (χ3v) is 3.18. The quantitative estimate of drug-likeness (QED) is 0.715. The molecule has 0 unspecified atom stereocenters. The van der Waals surface area contributed by atoms with E-state index < -0.39 is 0 Å². The summed E-state index contributed by atoms with van der Waals surface area (Å²) in [5, 5.41) is 0.901. The molecule has 0 aromatic carbocycles. The molecule has 0 aliphatic rings. The van der Waals surface area contributed by atoms with Crippen LogP contribution < -0.4 is 0 Å². The van der Waals surface area contributed by atoms with Gasteiger partial charge in [0.2, 0.25) is 0 Å². The maximum atomic E-state index is 5.68. The number of hydrogen-bond acceptors (Lipinski definition) is 3. The lowest BCUT2D eigenvalue weighted by atomic mass is 10.3. The Morgan fingerprint density at radius 1 is 1.62 bits per heavy atom. The van der Waals surface area contributed by atoms with Crippen LogP contribution >= 0.6 is 22.9 Å². The van der Waals surface area contributed by atoms with Gasteiger partial charge in [0.05, 0.1) is 12.1 Å². The van der Waals surface area contributed by atoms with Crippen molar-refractivity contribution in [2.75, 3.05) is 0 Å². The lowest BCUT2D eigenvalue weighted by Crippen LogP contribution is -1.72. The van der Waals surface area contributed by atoms with Crippen LogP contribution in [0.2, 0.25) is 0 Å². The molecule has 2 heterocycles. The third kappa shape index (κ3) is 1.62. The van der Waals surface area contributed by atoms with Crippen molar-refractivity contribution in [1.29, 1.82) is 0 Å². The second kappa shape index (κ2) is 3.52. The Kier molecular flexibility index (Phi) is 2.38. The van der Waals surface area contributed by atoms with Gasteiger partial charge in [-0.15, -0.1) is 22.9 Å². The van der Waals surface area contributed by atoms with Gasteiger partial charge in [-0.3, -0.25) is 0 Å². The van der Waals surface area contributed by atoms with Gasteiger partial charge >= 0.3 is 0 Å². The Balaban J connectivity index is 2.41. The van der Waals surface area contributed by atoms with Crippen LogP contribution in [0.4, 0.5) is 0 Å². The molecule has 68 valence electrons. The highest BCUT2D eigenvalue weighted by Crippen LogP contribution is 2.28. The second-order valence-electron chi connectivity index (χ2n) is 2.70. The minimum Gasteiger partial charge on any atom is -0.462 e. The third-order valence-electron chi connectivity index (χ3n) is 1.74. The van der Waals surface area contributed by atoms with Crippen molar-refractivity contribution in [3.8, 4) is 10.8 Å². The molecule has 13 heavy (non-hydrogen) atoms. The minimum atomic E-state index is 0.511. The molecule has 0 radical (unpaired) electrons. The lowest BCUT2D eigenvalue weighted by Gasteiger charge is -1.89. The first-order valence-electron chi connectivity index (χ1n) is 3.86. The molecule has 2 nitrogen and oxygen atoms in total. The van der Waals surface area contributed by atoms with E-state index in [1.165, 1.54) is 0 Å². The Hall–Kier alpha value is -0.800.